The minimum atomic E-state index is -0.588. The summed E-state index contributed by atoms with van der Waals surface area (Å²) in [6.07, 6.45) is 2.11. The lowest BCUT2D eigenvalue weighted by Gasteiger charge is -2.04. The number of carbonyl (C=O) groups is 4. The molecule has 0 radical (unpaired) electrons. The van der Waals surface area contributed by atoms with E-state index in [1.165, 1.54) is 13.8 Å². The third-order valence-corrected chi connectivity index (χ3v) is 1.48. The molecule has 0 aromatic carbocycles. The predicted molar refractivity (Wildman–Crippen MR) is 85.5 cm³/mol. The average Bonchev–Trinajstić information content (AvgIpc) is 2.47. The van der Waals surface area contributed by atoms with Gasteiger partial charge in [-0.3, -0.25) is 9.59 Å². The number of amides is 2. The van der Waals surface area contributed by atoms with E-state index in [9.17, 15) is 19.2 Å². The smallest absolute Gasteiger partial charge is 0.335 e. The third-order valence-electron chi connectivity index (χ3n) is 1.48. The van der Waals surface area contributed by atoms with Crippen LogP contribution in [0.4, 0.5) is 0 Å². The molecule has 0 aliphatic carbocycles. The van der Waals surface area contributed by atoms with Crippen LogP contribution in [0.25, 0.3) is 0 Å². The SMILES string of the molecule is C=C(C)C(=O)OCOC(=O)C(=C)C.C=CC(N)=O.C=CC(N)=O. The fourth-order valence-corrected chi connectivity index (χ4v) is 0.383. The Morgan fingerprint density at radius 3 is 1.17 bits per heavy atom. The van der Waals surface area contributed by atoms with Gasteiger partial charge in [0.2, 0.25) is 18.6 Å². The Kier molecular flexibility index (Phi) is 16.4. The molecule has 8 heteroatoms. The van der Waals surface area contributed by atoms with E-state index in [0.717, 1.165) is 12.2 Å². The summed E-state index contributed by atoms with van der Waals surface area (Å²) in [5.74, 6) is -2.14. The van der Waals surface area contributed by atoms with Crippen molar-refractivity contribution in [2.75, 3.05) is 6.79 Å². The normalized spacial score (nSPS) is 7.74. The molecule has 0 rings (SSSR count). The zero-order valence-electron chi connectivity index (χ0n) is 13.3. The van der Waals surface area contributed by atoms with E-state index in [4.69, 9.17) is 0 Å². The number of hydrogen-bond acceptors (Lipinski definition) is 6. The molecule has 0 aromatic rings. The van der Waals surface area contributed by atoms with Crippen LogP contribution in [0.15, 0.2) is 49.6 Å². The molecule has 23 heavy (non-hydrogen) atoms. The molecule has 2 amide bonds. The number of hydrogen-bond donors (Lipinski definition) is 2. The van der Waals surface area contributed by atoms with Gasteiger partial charge in [0.15, 0.2) is 0 Å². The topological polar surface area (TPSA) is 139 Å². The van der Waals surface area contributed by atoms with Gasteiger partial charge in [-0.05, 0) is 26.0 Å². The molecule has 0 heterocycles. The van der Waals surface area contributed by atoms with Crippen LogP contribution in [-0.4, -0.2) is 30.5 Å². The molecule has 4 N–H and O–H groups in total. The second-order valence-electron chi connectivity index (χ2n) is 3.76. The molecule has 0 aliphatic rings. The van der Waals surface area contributed by atoms with Gasteiger partial charge in [-0.1, -0.05) is 26.3 Å². The van der Waals surface area contributed by atoms with Crippen LogP contribution in [0.3, 0.4) is 0 Å². The van der Waals surface area contributed by atoms with Gasteiger partial charge in [0.1, 0.15) is 0 Å². The lowest BCUT2D eigenvalue weighted by Crippen LogP contribution is -2.13. The first-order chi connectivity index (χ1) is 10.5. The van der Waals surface area contributed by atoms with Gasteiger partial charge in [-0.15, -0.1) is 0 Å². The standard InChI is InChI=1S/C9H12O4.2C3H5NO/c1-6(2)8(10)12-5-13-9(11)7(3)4;2*1-2-3(4)5/h1,3,5H2,2,4H3;2*2H,1H2,(H2,4,5). The summed E-state index contributed by atoms with van der Waals surface area (Å²) in [6, 6.07) is 0. The fourth-order valence-electron chi connectivity index (χ4n) is 0.383. The number of rotatable bonds is 6. The molecule has 0 aliphatic heterocycles. The fraction of sp³-hybridized carbons (Fsp3) is 0.200. The number of nitrogens with two attached hydrogens (primary N) is 2. The minimum Gasteiger partial charge on any atom is -0.425 e. The third kappa shape index (κ3) is 24.3. The van der Waals surface area contributed by atoms with E-state index in [-0.39, 0.29) is 11.1 Å². The molecular formula is C15H22N2O6. The van der Waals surface area contributed by atoms with Crippen LogP contribution < -0.4 is 11.5 Å². The number of primary amides is 2. The lowest BCUT2D eigenvalue weighted by molar-refractivity contribution is -0.161. The molecule has 128 valence electrons. The monoisotopic (exact) mass is 326 g/mol. The molecule has 8 nitrogen and oxygen atoms in total. The van der Waals surface area contributed by atoms with Crippen molar-refractivity contribution in [1.29, 1.82) is 0 Å². The highest BCUT2D eigenvalue weighted by Gasteiger charge is 2.06. The molecule has 0 fully saturated rings. The maximum Gasteiger partial charge on any atom is 0.335 e. The van der Waals surface area contributed by atoms with Crippen molar-refractivity contribution in [3.8, 4) is 0 Å². The first-order valence-electron chi connectivity index (χ1n) is 5.98. The summed E-state index contributed by atoms with van der Waals surface area (Å²) in [7, 11) is 0. The lowest BCUT2D eigenvalue weighted by atomic mass is 10.4. The van der Waals surface area contributed by atoms with E-state index >= 15 is 0 Å². The molecule has 0 saturated heterocycles. The van der Waals surface area contributed by atoms with Crippen LogP contribution in [0.5, 0.6) is 0 Å². The van der Waals surface area contributed by atoms with Gasteiger partial charge in [0.05, 0.1) is 0 Å². The highest BCUT2D eigenvalue weighted by molar-refractivity contribution is 5.88. The Hall–Kier alpha value is -3.16. The van der Waals surface area contributed by atoms with E-state index in [0.29, 0.717) is 0 Å². The van der Waals surface area contributed by atoms with Gasteiger partial charge >= 0.3 is 11.9 Å². The summed E-state index contributed by atoms with van der Waals surface area (Å²) in [5.41, 5.74) is 9.58. The van der Waals surface area contributed by atoms with Crippen molar-refractivity contribution < 1.29 is 28.7 Å². The van der Waals surface area contributed by atoms with Crippen LogP contribution in [0.2, 0.25) is 0 Å². The van der Waals surface area contributed by atoms with E-state index in [1.807, 2.05) is 0 Å². The second kappa shape index (κ2) is 15.2. The Bertz CT molecular complexity index is 450. The van der Waals surface area contributed by atoms with Crippen LogP contribution >= 0.6 is 0 Å². The quantitative estimate of drug-likeness (QED) is 0.414. The average molecular weight is 326 g/mol. The summed E-state index contributed by atoms with van der Waals surface area (Å²) in [6.45, 7) is 15.5. The van der Waals surface area contributed by atoms with E-state index < -0.39 is 30.5 Å². The predicted octanol–water partition coefficient (Wildman–Crippen LogP) is 0.498. The van der Waals surface area contributed by atoms with Crippen LogP contribution in [0.1, 0.15) is 13.8 Å². The summed E-state index contributed by atoms with van der Waals surface area (Å²) < 4.78 is 9.00. The van der Waals surface area contributed by atoms with Crippen LogP contribution in [-0.2, 0) is 28.7 Å². The Morgan fingerprint density at radius 1 is 0.826 bits per heavy atom. The highest BCUT2D eigenvalue weighted by atomic mass is 16.7. The zero-order chi connectivity index (χ0) is 19.0. The maximum absolute atomic E-state index is 10.8. The van der Waals surface area contributed by atoms with Crippen LogP contribution in [0, 0.1) is 0 Å². The second-order valence-corrected chi connectivity index (χ2v) is 3.76. The molecule has 0 spiro atoms. The number of ether oxygens (including phenoxy) is 2. The number of esters is 2. The van der Waals surface area contributed by atoms with Crippen molar-refractivity contribution in [2.24, 2.45) is 11.5 Å². The van der Waals surface area contributed by atoms with Gasteiger partial charge in [0.25, 0.3) is 0 Å². The van der Waals surface area contributed by atoms with Gasteiger partial charge in [0, 0.05) is 11.1 Å². The van der Waals surface area contributed by atoms with Gasteiger partial charge in [-0.25, -0.2) is 9.59 Å². The Balaban J connectivity index is -0.000000329. The van der Waals surface area contributed by atoms with Crippen molar-refractivity contribution in [3.05, 3.63) is 49.6 Å². The maximum atomic E-state index is 10.8. The largest absolute Gasteiger partial charge is 0.425 e. The van der Waals surface area contributed by atoms with E-state index in [1.54, 1.807) is 0 Å². The van der Waals surface area contributed by atoms with Crippen molar-refractivity contribution in [2.45, 2.75) is 13.8 Å². The molecule has 0 unspecified atom stereocenters. The summed E-state index contributed by atoms with van der Waals surface area (Å²) >= 11 is 0. The summed E-state index contributed by atoms with van der Waals surface area (Å²) in [4.78, 5) is 40.5. The molecule has 0 bridgehead atoms. The van der Waals surface area contributed by atoms with Gasteiger partial charge < -0.3 is 20.9 Å². The molecule has 0 atom stereocenters. The highest BCUT2D eigenvalue weighted by Crippen LogP contribution is 1.95. The molecule has 0 aromatic heterocycles. The van der Waals surface area contributed by atoms with Crippen molar-refractivity contribution in [1.82, 2.24) is 0 Å². The number of carbonyl (C=O) groups excluding carboxylic acids is 4. The van der Waals surface area contributed by atoms with E-state index in [2.05, 4.69) is 47.3 Å². The Labute approximate surface area is 135 Å². The van der Waals surface area contributed by atoms with Gasteiger partial charge in [-0.2, -0.15) is 0 Å². The first kappa shape index (κ1) is 24.8. The molecule has 0 saturated carbocycles. The Morgan fingerprint density at radius 2 is 1.04 bits per heavy atom. The zero-order valence-corrected chi connectivity index (χ0v) is 13.3. The first-order valence-corrected chi connectivity index (χ1v) is 5.98. The molecular weight excluding hydrogens is 304 g/mol. The van der Waals surface area contributed by atoms with Crippen molar-refractivity contribution in [3.63, 3.8) is 0 Å². The van der Waals surface area contributed by atoms with Crippen molar-refractivity contribution >= 4 is 23.8 Å². The minimum absolute atomic E-state index is 0.256. The summed E-state index contributed by atoms with van der Waals surface area (Å²) in [5, 5.41) is 0.